The van der Waals surface area contributed by atoms with Crippen LogP contribution in [-0.2, 0) is 0 Å². The largest absolute Gasteiger partial charge is 1.00 e. The monoisotopic (exact) mass is 434 g/mol. The molecular weight excluding hydrogens is 409 g/mol. The Morgan fingerprint density at radius 1 is 0.700 bits per heavy atom. The van der Waals surface area contributed by atoms with Gasteiger partial charge in [-0.2, -0.15) is 0 Å². The predicted molar refractivity (Wildman–Crippen MR) is 103 cm³/mol. The Bertz CT molecular complexity index is 754. The van der Waals surface area contributed by atoms with Crippen LogP contribution in [0.15, 0.2) is 72.8 Å². The Morgan fingerprint density at radius 2 is 1.30 bits per heavy atom. The van der Waals surface area contributed by atoms with Crippen molar-refractivity contribution in [2.75, 3.05) is 6.61 Å². The van der Waals surface area contributed by atoms with Gasteiger partial charge in [0.15, 0.2) is 0 Å². The van der Waals surface area contributed by atoms with Gasteiger partial charge in [0.05, 0.1) is 6.61 Å². The summed E-state index contributed by atoms with van der Waals surface area (Å²) in [5.41, 5.74) is 1.94. The zero-order valence-electron chi connectivity index (χ0n) is 19.0. The van der Waals surface area contributed by atoms with Crippen LogP contribution in [0.3, 0.4) is 0 Å². The Labute approximate surface area is 246 Å². The molecule has 4 nitrogen and oxygen atoms in total. The topological polar surface area (TPSA) is 78.4 Å². The van der Waals surface area contributed by atoms with E-state index >= 15 is 0 Å². The van der Waals surface area contributed by atoms with E-state index in [9.17, 15) is 15.3 Å². The number of benzene rings is 3. The molecule has 0 radical (unpaired) electrons. The molecule has 0 spiro atoms. The molecule has 30 heavy (non-hydrogen) atoms. The second-order valence-corrected chi connectivity index (χ2v) is 5.90. The second kappa shape index (κ2) is 20.7. The summed E-state index contributed by atoms with van der Waals surface area (Å²) < 4.78 is 5.24. The van der Waals surface area contributed by atoms with Crippen LogP contribution in [0.5, 0.6) is 23.0 Å². The van der Waals surface area contributed by atoms with Crippen LogP contribution in [-0.4, -0.2) is 6.61 Å². The summed E-state index contributed by atoms with van der Waals surface area (Å²) in [6.07, 6.45) is 0.961. The summed E-state index contributed by atoms with van der Waals surface area (Å²) in [6.45, 7) is 6.46. The third-order valence-corrected chi connectivity index (χ3v) is 3.39. The Hall–Kier alpha value is -0.140. The second-order valence-electron chi connectivity index (χ2n) is 5.90. The summed E-state index contributed by atoms with van der Waals surface area (Å²) in [6, 6.07) is 20.2. The summed E-state index contributed by atoms with van der Waals surface area (Å²) in [7, 11) is 0. The van der Waals surface area contributed by atoms with E-state index in [1.165, 1.54) is 12.1 Å². The first-order chi connectivity index (χ1) is 12.9. The fraction of sp³-hybridized carbons (Fsp3) is 0.217. The first-order valence-electron chi connectivity index (χ1n) is 8.78. The van der Waals surface area contributed by atoms with Crippen molar-refractivity contribution in [2.24, 2.45) is 0 Å². The van der Waals surface area contributed by atoms with E-state index in [2.05, 4.69) is 0 Å². The molecule has 0 atom stereocenters. The maximum atomic E-state index is 10.8. The molecule has 0 unspecified atom stereocenters. The fourth-order valence-electron chi connectivity index (χ4n) is 1.88. The minimum absolute atomic E-state index is 0. The zero-order chi connectivity index (χ0) is 20.1. The van der Waals surface area contributed by atoms with E-state index in [-0.39, 0.29) is 106 Å². The maximum Gasteiger partial charge on any atom is 1.00 e. The quantitative estimate of drug-likeness (QED) is 0.386. The van der Waals surface area contributed by atoms with Crippen LogP contribution in [0.2, 0.25) is 0 Å². The number of para-hydroxylation sites is 1. The molecule has 0 aliphatic carbocycles. The molecule has 3 rings (SSSR count). The van der Waals surface area contributed by atoms with E-state index < -0.39 is 0 Å². The Morgan fingerprint density at radius 3 is 1.73 bits per heavy atom. The average molecular weight is 434 g/mol. The molecule has 0 fully saturated rings. The minimum Gasteiger partial charge on any atom is -0.872 e. The first kappa shape index (κ1) is 34.5. The van der Waals surface area contributed by atoms with Gasteiger partial charge in [-0.25, -0.2) is 0 Å². The third-order valence-electron chi connectivity index (χ3n) is 3.39. The molecule has 3 aromatic rings. The Balaban J connectivity index is -0.000000353. The molecular formula is C23H25Na3O4. The normalized spacial score (nSPS) is 8.37. The van der Waals surface area contributed by atoms with Crippen LogP contribution in [0.25, 0.3) is 0 Å². The predicted octanol–water partition coefficient (Wildman–Crippen LogP) is -5.30. The van der Waals surface area contributed by atoms with Crippen molar-refractivity contribution in [3.8, 4) is 23.0 Å². The van der Waals surface area contributed by atoms with Crippen LogP contribution < -0.4 is 109 Å². The van der Waals surface area contributed by atoms with E-state index in [0.717, 1.165) is 17.5 Å². The molecule has 0 bridgehead atoms. The van der Waals surface area contributed by atoms with Crippen molar-refractivity contribution in [1.29, 1.82) is 0 Å². The van der Waals surface area contributed by atoms with Gasteiger partial charge in [0.1, 0.15) is 5.75 Å². The number of hydrogen-bond donors (Lipinski definition) is 0. The zero-order valence-corrected chi connectivity index (χ0v) is 25.0. The van der Waals surface area contributed by atoms with Gasteiger partial charge in [-0.3, -0.25) is 0 Å². The number of rotatable bonds is 3. The van der Waals surface area contributed by atoms with Gasteiger partial charge in [0.2, 0.25) is 0 Å². The molecule has 3 aromatic carbocycles. The van der Waals surface area contributed by atoms with Crippen molar-refractivity contribution >= 4 is 0 Å². The standard InChI is InChI=1S/C9H12O2.2C7H8O.3Na/c1-2-6-11-9-5-3-4-8(10)7-9;1-6-2-4-7(8)5-3-6;1-6-4-2-3-5-7(6)8;;;/h3-5,7,10H,2,6H2,1H3;2*2-5,8H,1H3;;;/q;;;3*+1/p-3. The molecule has 0 aromatic heterocycles. The number of aryl methyl sites for hydroxylation is 2. The molecule has 144 valence electrons. The van der Waals surface area contributed by atoms with Crippen LogP contribution >= 0.6 is 0 Å². The van der Waals surface area contributed by atoms with Gasteiger partial charge >= 0.3 is 88.7 Å². The van der Waals surface area contributed by atoms with Crippen molar-refractivity contribution in [2.45, 2.75) is 27.2 Å². The van der Waals surface area contributed by atoms with E-state index in [1.807, 2.05) is 45.0 Å². The van der Waals surface area contributed by atoms with Crippen molar-refractivity contribution in [1.82, 2.24) is 0 Å². The van der Waals surface area contributed by atoms with E-state index in [4.69, 9.17) is 4.74 Å². The first-order valence-corrected chi connectivity index (χ1v) is 8.78. The van der Waals surface area contributed by atoms with Crippen molar-refractivity contribution < 1.29 is 109 Å². The smallest absolute Gasteiger partial charge is 0.872 e. The molecule has 0 aliphatic rings. The average Bonchev–Trinajstić information content (AvgIpc) is 2.66. The molecule has 7 heteroatoms. The van der Waals surface area contributed by atoms with Crippen LogP contribution in [0.4, 0.5) is 0 Å². The van der Waals surface area contributed by atoms with E-state index in [1.54, 1.807) is 36.4 Å². The van der Waals surface area contributed by atoms with Gasteiger partial charge in [0, 0.05) is 0 Å². The van der Waals surface area contributed by atoms with Gasteiger partial charge < -0.3 is 20.1 Å². The Kier molecular flexibility index (Phi) is 23.8. The number of ether oxygens (including phenoxy) is 1. The van der Waals surface area contributed by atoms with Crippen molar-refractivity contribution in [3.05, 3.63) is 83.9 Å². The summed E-state index contributed by atoms with van der Waals surface area (Å²) in [4.78, 5) is 0. The minimum atomic E-state index is -0.00129. The number of hydrogen-bond acceptors (Lipinski definition) is 4. The van der Waals surface area contributed by atoms with Gasteiger partial charge in [-0.1, -0.05) is 78.7 Å². The van der Waals surface area contributed by atoms with Crippen LogP contribution in [0.1, 0.15) is 24.5 Å². The van der Waals surface area contributed by atoms with Gasteiger partial charge in [-0.15, -0.1) is 17.2 Å². The molecule has 0 N–H and O–H groups in total. The molecule has 0 saturated heterocycles. The summed E-state index contributed by atoms with van der Waals surface area (Å²) >= 11 is 0. The van der Waals surface area contributed by atoms with Crippen LogP contribution in [0, 0.1) is 13.8 Å². The van der Waals surface area contributed by atoms with Gasteiger partial charge in [-0.05, 0) is 32.4 Å². The SMILES string of the molecule is CCCOc1cccc([O-])c1.Cc1ccc([O-])cc1.Cc1ccccc1[O-].[Na+].[Na+].[Na+]. The summed E-state index contributed by atoms with van der Waals surface area (Å²) in [5.74, 6) is 0.862. The van der Waals surface area contributed by atoms with E-state index in [0.29, 0.717) is 12.4 Å². The van der Waals surface area contributed by atoms with Gasteiger partial charge in [0.25, 0.3) is 0 Å². The fourth-order valence-corrected chi connectivity index (χ4v) is 1.88. The van der Waals surface area contributed by atoms with Crippen molar-refractivity contribution in [3.63, 3.8) is 0 Å². The molecule has 0 aliphatic heterocycles. The molecule has 0 heterocycles. The maximum absolute atomic E-state index is 10.8. The third kappa shape index (κ3) is 16.5. The molecule has 0 saturated carbocycles. The molecule has 0 amide bonds. The summed E-state index contributed by atoms with van der Waals surface area (Å²) in [5, 5.41) is 31.8.